The molecule has 1 heterocycles. The van der Waals surface area contributed by atoms with Gasteiger partial charge in [0.05, 0.1) is 10.1 Å². The zero-order chi connectivity index (χ0) is 18.3. The first-order valence-corrected chi connectivity index (χ1v) is 11.0. The van der Waals surface area contributed by atoms with Gasteiger partial charge in [-0.05, 0) is 6.42 Å². The van der Waals surface area contributed by atoms with Crippen LogP contribution in [0.1, 0.15) is 76.8 Å². The highest BCUT2D eigenvalue weighted by atomic mass is 32.2. The quantitative estimate of drug-likeness (QED) is 0.336. The number of unbranched alkanes of at least 4 members (excludes halogenated alkanes) is 9. The summed E-state index contributed by atoms with van der Waals surface area (Å²) in [5, 5.41) is 0. The third-order valence-corrected chi connectivity index (χ3v) is 3.92. The second-order valence-electron chi connectivity index (χ2n) is 6.42. The van der Waals surface area contributed by atoms with Crippen molar-refractivity contribution in [2.24, 2.45) is 0 Å². The highest BCUT2D eigenvalue weighted by Crippen LogP contribution is 2.10. The van der Waals surface area contributed by atoms with E-state index in [0.29, 0.717) is 6.26 Å². The fourth-order valence-electron chi connectivity index (χ4n) is 2.58. The van der Waals surface area contributed by atoms with E-state index in [1.807, 2.05) is 0 Å². The van der Waals surface area contributed by atoms with E-state index in [-0.39, 0.29) is 0 Å². The zero-order valence-corrected chi connectivity index (χ0v) is 16.5. The number of rotatable bonds is 11. The third-order valence-electron chi connectivity index (χ3n) is 3.92. The lowest BCUT2D eigenvalue weighted by atomic mass is 10.1. The number of nitrogens with zero attached hydrogens (tertiary/aromatic N) is 1. The smallest absolute Gasteiger partial charge is 0.178 e. The maximum Gasteiger partial charge on any atom is 0.178 e. The van der Waals surface area contributed by atoms with Crippen molar-refractivity contribution in [1.82, 2.24) is 0 Å². The summed E-state index contributed by atoms with van der Waals surface area (Å²) >= 11 is 0. The van der Waals surface area contributed by atoms with Gasteiger partial charge in [-0.2, -0.15) is 0 Å². The Kier molecular flexibility index (Phi) is 13.8. The van der Waals surface area contributed by atoms with Crippen molar-refractivity contribution in [2.75, 3.05) is 6.26 Å². The van der Waals surface area contributed by atoms with Crippen molar-refractivity contribution in [3.05, 3.63) is 30.1 Å². The molecule has 1 rings (SSSR count). The molecule has 4 nitrogen and oxygen atoms in total. The van der Waals surface area contributed by atoms with Gasteiger partial charge < -0.3 is 4.55 Å². The van der Waals surface area contributed by atoms with Crippen LogP contribution in [0.2, 0.25) is 0 Å². The molecule has 5 heteroatoms. The Morgan fingerprint density at radius 2 is 1.38 bits per heavy atom. The van der Waals surface area contributed by atoms with Crippen molar-refractivity contribution in [1.29, 1.82) is 0 Å². The fourth-order valence-corrected chi connectivity index (χ4v) is 2.58. The average Bonchev–Trinajstić information content (AvgIpc) is 2.49. The molecule has 0 unspecified atom stereocenters. The summed E-state index contributed by atoms with van der Waals surface area (Å²) in [6.07, 6.45) is 16.9. The van der Waals surface area contributed by atoms with Crippen LogP contribution in [0.3, 0.4) is 0 Å². The van der Waals surface area contributed by atoms with Crippen LogP contribution in [0, 0.1) is 6.92 Å². The molecule has 0 aromatic carbocycles. The Morgan fingerprint density at radius 1 is 0.917 bits per heavy atom. The summed E-state index contributed by atoms with van der Waals surface area (Å²) in [4.78, 5) is 0. The lowest BCUT2D eigenvalue weighted by molar-refractivity contribution is -0.703. The van der Waals surface area contributed by atoms with Crippen molar-refractivity contribution in [3.8, 4) is 0 Å². The van der Waals surface area contributed by atoms with Gasteiger partial charge in [-0.1, -0.05) is 64.4 Å². The van der Waals surface area contributed by atoms with E-state index in [4.69, 9.17) is 13.0 Å². The SMILES string of the molecule is CCCCCCCCCCCC[n+]1ccccc1C.CS(=O)(=O)[O-]. The third kappa shape index (κ3) is 17.4. The first kappa shape index (κ1) is 23.1. The van der Waals surface area contributed by atoms with E-state index in [1.54, 1.807) is 0 Å². The molecule has 0 fully saturated rings. The standard InChI is InChI=1S/C18H32N.CH4O3S/c1-3-4-5-6-7-8-9-10-11-13-16-19-17-14-12-15-18(19)2;1-5(2,3)4/h12,14-15,17H,3-11,13,16H2,1-2H3;1H3,(H,2,3,4)/q+1;/p-1. The minimum atomic E-state index is -3.92. The Labute approximate surface area is 149 Å². The van der Waals surface area contributed by atoms with Crippen LogP contribution in [-0.2, 0) is 16.7 Å². The minimum Gasteiger partial charge on any atom is -0.748 e. The van der Waals surface area contributed by atoms with Gasteiger partial charge in [0.25, 0.3) is 0 Å². The summed E-state index contributed by atoms with van der Waals surface area (Å²) in [6, 6.07) is 6.43. The van der Waals surface area contributed by atoms with E-state index in [0.717, 1.165) is 0 Å². The number of pyridine rings is 1. The molecule has 140 valence electrons. The molecule has 0 amide bonds. The van der Waals surface area contributed by atoms with E-state index < -0.39 is 10.1 Å². The Balaban J connectivity index is 0.000000922. The first-order chi connectivity index (χ1) is 11.3. The van der Waals surface area contributed by atoms with Crippen LogP contribution in [0.25, 0.3) is 0 Å². The lowest BCUT2D eigenvalue weighted by Crippen LogP contribution is -2.36. The summed E-state index contributed by atoms with van der Waals surface area (Å²) < 4.78 is 29.6. The van der Waals surface area contributed by atoms with Crippen LogP contribution in [0.5, 0.6) is 0 Å². The number of hydrogen-bond acceptors (Lipinski definition) is 3. The van der Waals surface area contributed by atoms with Gasteiger partial charge in [0.2, 0.25) is 0 Å². The highest BCUT2D eigenvalue weighted by molar-refractivity contribution is 7.84. The fraction of sp³-hybridized carbons (Fsp3) is 0.737. The highest BCUT2D eigenvalue weighted by Gasteiger charge is 2.02. The van der Waals surface area contributed by atoms with Gasteiger partial charge in [-0.25, -0.2) is 13.0 Å². The molecule has 0 radical (unpaired) electrons. The predicted octanol–water partition coefficient (Wildman–Crippen LogP) is 4.36. The number of aromatic nitrogens is 1. The molecular formula is C19H35NO3S. The van der Waals surface area contributed by atoms with Crippen LogP contribution in [0.15, 0.2) is 24.4 Å². The lowest BCUT2D eigenvalue weighted by Gasteiger charge is -2.02. The molecule has 0 aliphatic rings. The topological polar surface area (TPSA) is 61.1 Å². The van der Waals surface area contributed by atoms with Crippen molar-refractivity contribution < 1.29 is 17.5 Å². The van der Waals surface area contributed by atoms with Crippen molar-refractivity contribution in [2.45, 2.75) is 84.6 Å². The Morgan fingerprint density at radius 3 is 1.83 bits per heavy atom. The Hall–Kier alpha value is -0.940. The number of aryl methyl sites for hydroxylation is 2. The van der Waals surface area contributed by atoms with Crippen LogP contribution < -0.4 is 4.57 Å². The molecule has 0 atom stereocenters. The van der Waals surface area contributed by atoms with Gasteiger partial charge in [0.1, 0.15) is 6.54 Å². The van der Waals surface area contributed by atoms with E-state index in [1.165, 1.54) is 76.4 Å². The Bertz CT molecular complexity index is 507. The molecule has 1 aromatic rings. The molecule has 0 bridgehead atoms. The molecule has 0 spiro atoms. The second kappa shape index (κ2) is 14.4. The molecule has 1 aromatic heterocycles. The van der Waals surface area contributed by atoms with E-state index in [9.17, 15) is 0 Å². The molecule has 0 aliphatic carbocycles. The summed E-state index contributed by atoms with van der Waals surface area (Å²) in [5.74, 6) is 0. The summed E-state index contributed by atoms with van der Waals surface area (Å²) in [7, 11) is -3.92. The maximum absolute atomic E-state index is 9.08. The largest absolute Gasteiger partial charge is 0.748 e. The monoisotopic (exact) mass is 357 g/mol. The predicted molar refractivity (Wildman–Crippen MR) is 98.8 cm³/mol. The minimum absolute atomic E-state index is 0.604. The van der Waals surface area contributed by atoms with Crippen molar-refractivity contribution >= 4 is 10.1 Å². The first-order valence-electron chi connectivity index (χ1n) is 9.20. The molecule has 0 saturated heterocycles. The van der Waals surface area contributed by atoms with Gasteiger partial charge >= 0.3 is 0 Å². The van der Waals surface area contributed by atoms with Gasteiger partial charge in [-0.15, -0.1) is 0 Å². The molecule has 0 saturated carbocycles. The number of hydrogen-bond donors (Lipinski definition) is 0. The van der Waals surface area contributed by atoms with Crippen molar-refractivity contribution in [3.63, 3.8) is 0 Å². The molecule has 0 N–H and O–H groups in total. The van der Waals surface area contributed by atoms with E-state index in [2.05, 4.69) is 42.8 Å². The normalized spacial score (nSPS) is 11.0. The van der Waals surface area contributed by atoms with Gasteiger partial charge in [0.15, 0.2) is 11.9 Å². The molecular weight excluding hydrogens is 322 g/mol. The molecule has 24 heavy (non-hydrogen) atoms. The molecule has 0 aliphatic heterocycles. The second-order valence-corrected chi connectivity index (χ2v) is 7.83. The summed E-state index contributed by atoms with van der Waals surface area (Å²) in [6.45, 7) is 5.66. The van der Waals surface area contributed by atoms with Gasteiger partial charge in [0, 0.05) is 31.7 Å². The van der Waals surface area contributed by atoms with Crippen LogP contribution in [0.4, 0.5) is 0 Å². The average molecular weight is 358 g/mol. The zero-order valence-electron chi connectivity index (χ0n) is 15.7. The van der Waals surface area contributed by atoms with Gasteiger partial charge in [-0.3, -0.25) is 0 Å². The van der Waals surface area contributed by atoms with E-state index >= 15 is 0 Å². The maximum atomic E-state index is 9.08. The van der Waals surface area contributed by atoms with Crippen LogP contribution in [-0.4, -0.2) is 19.2 Å². The summed E-state index contributed by atoms with van der Waals surface area (Å²) in [5.41, 5.74) is 1.37. The van der Waals surface area contributed by atoms with Crippen LogP contribution >= 0.6 is 0 Å².